The van der Waals surface area contributed by atoms with Crippen molar-refractivity contribution in [2.75, 3.05) is 62.3 Å². The molecule has 0 saturated carbocycles. The number of rotatable bonds is 2. The number of morpholine rings is 1. The molecule has 3 rings (SSSR count). The molecule has 94 valence electrons. The van der Waals surface area contributed by atoms with Crippen LogP contribution in [0.4, 0.5) is 10.9 Å². The molecule has 2 aliphatic heterocycles. The summed E-state index contributed by atoms with van der Waals surface area (Å²) in [5.41, 5.74) is 0. The van der Waals surface area contributed by atoms with Crippen molar-refractivity contribution in [1.29, 1.82) is 0 Å². The zero-order valence-electron chi connectivity index (χ0n) is 9.89. The molecule has 0 unspecified atom stereocenters. The van der Waals surface area contributed by atoms with E-state index in [1.165, 1.54) is 0 Å². The highest BCUT2D eigenvalue weighted by Gasteiger charge is 2.18. The first-order valence-electron chi connectivity index (χ1n) is 6.17. The molecular formula is C11H18N4OS. The number of hydrogen-bond donors (Lipinski definition) is 1. The Morgan fingerprint density at radius 2 is 1.88 bits per heavy atom. The summed E-state index contributed by atoms with van der Waals surface area (Å²) in [6.45, 7) is 7.82. The molecule has 2 fully saturated rings. The van der Waals surface area contributed by atoms with Gasteiger partial charge in [0, 0.05) is 44.6 Å². The van der Waals surface area contributed by atoms with Crippen LogP contribution in [-0.2, 0) is 4.74 Å². The molecule has 5 nitrogen and oxygen atoms in total. The van der Waals surface area contributed by atoms with E-state index in [2.05, 4.69) is 20.5 Å². The summed E-state index contributed by atoms with van der Waals surface area (Å²) in [6.07, 6.45) is 0. The van der Waals surface area contributed by atoms with Gasteiger partial charge >= 0.3 is 0 Å². The predicted molar refractivity (Wildman–Crippen MR) is 70.2 cm³/mol. The number of aromatic nitrogens is 1. The van der Waals surface area contributed by atoms with Crippen LogP contribution in [0.2, 0.25) is 0 Å². The lowest BCUT2D eigenvalue weighted by molar-refractivity contribution is 0.122. The molecule has 0 aromatic carbocycles. The van der Waals surface area contributed by atoms with Crippen molar-refractivity contribution in [3.8, 4) is 0 Å². The van der Waals surface area contributed by atoms with Gasteiger partial charge in [0.15, 0.2) is 5.13 Å². The minimum Gasteiger partial charge on any atom is -0.378 e. The van der Waals surface area contributed by atoms with E-state index in [0.29, 0.717) is 0 Å². The van der Waals surface area contributed by atoms with Crippen LogP contribution in [0.3, 0.4) is 0 Å². The first kappa shape index (κ1) is 11.3. The summed E-state index contributed by atoms with van der Waals surface area (Å²) < 4.78 is 5.36. The summed E-state index contributed by atoms with van der Waals surface area (Å²) in [6, 6.07) is 0. The van der Waals surface area contributed by atoms with Gasteiger partial charge in [-0.15, -0.1) is 11.3 Å². The summed E-state index contributed by atoms with van der Waals surface area (Å²) in [5.74, 6) is 1.14. The fraction of sp³-hybridized carbons (Fsp3) is 0.727. The van der Waals surface area contributed by atoms with Gasteiger partial charge in [0.25, 0.3) is 0 Å². The monoisotopic (exact) mass is 254 g/mol. The maximum Gasteiger partial charge on any atom is 0.187 e. The summed E-state index contributed by atoms with van der Waals surface area (Å²) in [7, 11) is 0. The van der Waals surface area contributed by atoms with E-state index in [9.17, 15) is 0 Å². The van der Waals surface area contributed by atoms with Crippen LogP contribution in [0.5, 0.6) is 0 Å². The van der Waals surface area contributed by atoms with Crippen molar-refractivity contribution in [3.05, 3.63) is 5.38 Å². The van der Waals surface area contributed by atoms with E-state index in [1.54, 1.807) is 11.3 Å². The number of nitrogens with one attached hydrogen (secondary N) is 1. The standard InChI is InChI=1S/C11H18N4OS/c1-3-14(4-2-12-1)10-9-17-11(13-10)15-5-7-16-8-6-15/h9,12H,1-8H2. The van der Waals surface area contributed by atoms with Gasteiger partial charge in [0.05, 0.1) is 13.2 Å². The topological polar surface area (TPSA) is 40.6 Å². The molecule has 1 N–H and O–H groups in total. The van der Waals surface area contributed by atoms with Crippen LogP contribution in [-0.4, -0.2) is 57.5 Å². The van der Waals surface area contributed by atoms with Gasteiger partial charge < -0.3 is 19.9 Å². The third kappa shape index (κ3) is 2.53. The third-order valence-corrected chi connectivity index (χ3v) is 4.09. The van der Waals surface area contributed by atoms with E-state index in [0.717, 1.165) is 63.4 Å². The zero-order valence-corrected chi connectivity index (χ0v) is 10.7. The van der Waals surface area contributed by atoms with Crippen molar-refractivity contribution in [3.63, 3.8) is 0 Å². The van der Waals surface area contributed by atoms with Gasteiger partial charge in [-0.2, -0.15) is 0 Å². The number of ether oxygens (including phenoxy) is 1. The minimum atomic E-state index is 0.822. The smallest absolute Gasteiger partial charge is 0.187 e. The van der Waals surface area contributed by atoms with Gasteiger partial charge in [-0.25, -0.2) is 4.98 Å². The van der Waals surface area contributed by atoms with Gasteiger partial charge in [0.2, 0.25) is 0 Å². The van der Waals surface area contributed by atoms with Crippen molar-refractivity contribution < 1.29 is 4.74 Å². The molecule has 6 heteroatoms. The highest BCUT2D eigenvalue weighted by atomic mass is 32.1. The number of anilines is 2. The second-order valence-corrected chi connectivity index (χ2v) is 5.16. The van der Waals surface area contributed by atoms with Crippen molar-refractivity contribution in [1.82, 2.24) is 10.3 Å². The largest absolute Gasteiger partial charge is 0.378 e. The van der Waals surface area contributed by atoms with E-state index < -0.39 is 0 Å². The van der Waals surface area contributed by atoms with E-state index in [1.807, 2.05) is 0 Å². The molecule has 2 aliphatic rings. The highest BCUT2D eigenvalue weighted by Crippen LogP contribution is 2.26. The lowest BCUT2D eigenvalue weighted by Crippen LogP contribution is -2.43. The molecule has 0 aliphatic carbocycles. The summed E-state index contributed by atoms with van der Waals surface area (Å²) in [5, 5.41) is 6.68. The first-order chi connectivity index (χ1) is 8.43. The molecule has 2 saturated heterocycles. The Morgan fingerprint density at radius 3 is 2.65 bits per heavy atom. The number of thiazole rings is 1. The normalized spacial score (nSPS) is 21.9. The molecule has 3 heterocycles. The average molecular weight is 254 g/mol. The maximum atomic E-state index is 5.36. The van der Waals surface area contributed by atoms with Crippen LogP contribution in [0.25, 0.3) is 0 Å². The van der Waals surface area contributed by atoms with Crippen LogP contribution in [0.15, 0.2) is 5.38 Å². The molecule has 0 bridgehead atoms. The molecule has 1 aromatic heterocycles. The highest BCUT2D eigenvalue weighted by molar-refractivity contribution is 7.14. The number of piperazine rings is 1. The molecule has 0 radical (unpaired) electrons. The molecule has 1 aromatic rings. The van der Waals surface area contributed by atoms with Crippen LogP contribution in [0, 0.1) is 0 Å². The lowest BCUT2D eigenvalue weighted by atomic mass is 10.4. The van der Waals surface area contributed by atoms with Crippen LogP contribution < -0.4 is 15.1 Å². The number of nitrogens with zero attached hydrogens (tertiary/aromatic N) is 3. The molecule has 0 atom stereocenters. The minimum absolute atomic E-state index is 0.822. The maximum absolute atomic E-state index is 5.36. The zero-order chi connectivity index (χ0) is 11.5. The van der Waals surface area contributed by atoms with Crippen molar-refractivity contribution in [2.24, 2.45) is 0 Å². The van der Waals surface area contributed by atoms with Gasteiger partial charge in [-0.05, 0) is 0 Å². The van der Waals surface area contributed by atoms with E-state index >= 15 is 0 Å². The molecule has 0 amide bonds. The third-order valence-electron chi connectivity index (χ3n) is 3.20. The van der Waals surface area contributed by atoms with Crippen molar-refractivity contribution >= 4 is 22.3 Å². The van der Waals surface area contributed by atoms with Gasteiger partial charge in [-0.3, -0.25) is 0 Å². The quantitative estimate of drug-likeness (QED) is 0.827. The van der Waals surface area contributed by atoms with Crippen LogP contribution >= 0.6 is 11.3 Å². The first-order valence-corrected chi connectivity index (χ1v) is 7.05. The van der Waals surface area contributed by atoms with Crippen molar-refractivity contribution in [2.45, 2.75) is 0 Å². The van der Waals surface area contributed by atoms with E-state index in [-0.39, 0.29) is 0 Å². The molecule has 17 heavy (non-hydrogen) atoms. The Hall–Kier alpha value is -0.850. The van der Waals surface area contributed by atoms with Gasteiger partial charge in [-0.1, -0.05) is 0 Å². The molecular weight excluding hydrogens is 236 g/mol. The summed E-state index contributed by atoms with van der Waals surface area (Å²) in [4.78, 5) is 9.42. The Labute approximate surface area is 105 Å². The fourth-order valence-electron chi connectivity index (χ4n) is 2.20. The Bertz CT molecular complexity index is 326. The van der Waals surface area contributed by atoms with E-state index in [4.69, 9.17) is 9.72 Å². The second-order valence-electron chi connectivity index (χ2n) is 4.32. The lowest BCUT2D eigenvalue weighted by Gasteiger charge is -2.28. The Morgan fingerprint density at radius 1 is 1.12 bits per heavy atom. The Balaban J connectivity index is 1.68. The van der Waals surface area contributed by atoms with Gasteiger partial charge in [0.1, 0.15) is 5.82 Å². The SMILES string of the molecule is c1sc(N2CCOCC2)nc1N1CCNCC1. The second kappa shape index (κ2) is 5.20. The fourth-order valence-corrected chi connectivity index (χ4v) is 3.09. The van der Waals surface area contributed by atoms with Crippen LogP contribution in [0.1, 0.15) is 0 Å². The average Bonchev–Trinajstić information content (AvgIpc) is 2.90. The molecule has 0 spiro atoms. The number of hydrogen-bond acceptors (Lipinski definition) is 6. The summed E-state index contributed by atoms with van der Waals surface area (Å²) >= 11 is 1.75. The predicted octanol–water partition coefficient (Wildman–Crippen LogP) is 0.389. The Kier molecular flexibility index (Phi) is 3.44.